The molecule has 3 nitrogen and oxygen atoms in total. The Balaban J connectivity index is 1.28. The van der Waals surface area contributed by atoms with Gasteiger partial charge in [0.1, 0.15) is 0 Å². The van der Waals surface area contributed by atoms with E-state index < -0.39 is 20.1 Å². The minimum atomic E-state index is -0.924. The number of nitrogens with zero attached hydrogens (tertiary/aromatic N) is 3. The lowest BCUT2D eigenvalue weighted by molar-refractivity contribution is 1.10. The third-order valence-electron chi connectivity index (χ3n) is 13.0. The Morgan fingerprint density at radius 1 is 0.455 bits per heavy atom. The molecule has 0 radical (unpaired) electrons. The van der Waals surface area contributed by atoms with E-state index in [9.17, 15) is 0 Å². The quantitative estimate of drug-likeness (QED) is 0.159. The molecule has 2 aliphatic rings. The summed E-state index contributed by atoms with van der Waals surface area (Å²) in [4.78, 5) is 2.93. The fourth-order valence-electron chi connectivity index (χ4n) is 10.1. The van der Waals surface area contributed by atoms with E-state index in [1.165, 1.54) is 114 Å². The summed E-state index contributed by atoms with van der Waals surface area (Å²) in [6.45, 7) is 2.47. The molecule has 0 unspecified atom stereocenters. The van der Waals surface area contributed by atoms with E-state index in [4.69, 9.17) is 0 Å². The second-order valence-corrected chi connectivity index (χ2v) is 25.2. The van der Waals surface area contributed by atoms with Crippen molar-refractivity contribution in [2.45, 2.75) is 16.7 Å². The Bertz CT molecular complexity index is 3190. The van der Waals surface area contributed by atoms with Crippen molar-refractivity contribution < 1.29 is 0 Å². The van der Waals surface area contributed by atoms with Crippen molar-refractivity contribution in [3.8, 4) is 17.1 Å². The van der Waals surface area contributed by atoms with Crippen LogP contribution in [-0.2, 0) is 0 Å². The fraction of sp³-hybridized carbons (Fsp3) is 0.143. The van der Waals surface area contributed by atoms with Crippen molar-refractivity contribution in [3.05, 3.63) is 133 Å². The molecule has 268 valence electrons. The SMILES string of the molecule is CCS(C)(C)c1ccc2c(c1)c1cc(S(C)(C)C)ccc1n2-c1cc2c3c(c1)-n1c4ccccc4c4cccc(c41)B3c1cccc3c4ccccc4n-2c13. The van der Waals surface area contributed by atoms with Gasteiger partial charge in [0.05, 0.1) is 27.8 Å². The Morgan fingerprint density at radius 3 is 1.45 bits per heavy atom. The van der Waals surface area contributed by atoms with E-state index in [1.807, 2.05) is 0 Å². The van der Waals surface area contributed by atoms with Crippen LogP contribution in [0.25, 0.3) is 82.5 Å². The number of hydrogen-bond acceptors (Lipinski definition) is 0. The molecule has 0 N–H and O–H groups in total. The zero-order valence-electron chi connectivity index (χ0n) is 32.1. The molecule has 0 spiro atoms. The van der Waals surface area contributed by atoms with Crippen molar-refractivity contribution >= 4 is 109 Å². The number of benzene rings is 7. The van der Waals surface area contributed by atoms with E-state index in [1.54, 1.807) is 0 Å². The van der Waals surface area contributed by atoms with E-state index in [2.05, 4.69) is 185 Å². The molecule has 0 saturated heterocycles. The van der Waals surface area contributed by atoms with Gasteiger partial charge in [-0.3, -0.25) is 0 Å². The first-order valence-corrected chi connectivity index (χ1v) is 24.8. The highest BCUT2D eigenvalue weighted by Crippen LogP contribution is 2.52. The van der Waals surface area contributed by atoms with Gasteiger partial charge in [0.25, 0.3) is 6.71 Å². The number of para-hydroxylation sites is 4. The Hall–Kier alpha value is -5.30. The summed E-state index contributed by atoms with van der Waals surface area (Å²) in [5.41, 5.74) is 15.7. The van der Waals surface area contributed by atoms with Crippen LogP contribution in [0.4, 0.5) is 0 Å². The average Bonchev–Trinajstić information content (AvgIpc) is 3.84. The lowest BCUT2D eigenvalue weighted by Crippen LogP contribution is -2.59. The smallest absolute Gasteiger partial charge is 0.252 e. The lowest BCUT2D eigenvalue weighted by Gasteiger charge is -2.34. The zero-order valence-corrected chi connectivity index (χ0v) is 33.8. The highest BCUT2D eigenvalue weighted by atomic mass is 32.3. The lowest BCUT2D eigenvalue weighted by atomic mass is 9.34. The van der Waals surface area contributed by atoms with E-state index in [0.29, 0.717) is 0 Å². The van der Waals surface area contributed by atoms with Crippen LogP contribution in [0.1, 0.15) is 6.92 Å². The van der Waals surface area contributed by atoms with Crippen LogP contribution in [-0.4, -0.2) is 57.4 Å². The van der Waals surface area contributed by atoms with Crippen LogP contribution in [0, 0.1) is 0 Å². The van der Waals surface area contributed by atoms with Gasteiger partial charge in [0, 0.05) is 54.7 Å². The molecule has 0 fully saturated rings. The first-order chi connectivity index (χ1) is 26.6. The summed E-state index contributed by atoms with van der Waals surface area (Å²) in [7, 11) is -1.84. The van der Waals surface area contributed by atoms with Crippen molar-refractivity contribution in [1.82, 2.24) is 13.7 Å². The van der Waals surface area contributed by atoms with Crippen LogP contribution in [0.5, 0.6) is 0 Å². The molecule has 0 atom stereocenters. The molecule has 0 aliphatic carbocycles. The number of aromatic nitrogens is 3. The molecular formula is C49H42BN3S2. The van der Waals surface area contributed by atoms with Crippen molar-refractivity contribution in [3.63, 3.8) is 0 Å². The van der Waals surface area contributed by atoms with Gasteiger partial charge in [-0.1, -0.05) is 79.7 Å². The Kier molecular flexibility index (Phi) is 6.23. The predicted octanol–water partition coefficient (Wildman–Crippen LogP) is 10.6. The monoisotopic (exact) mass is 747 g/mol. The maximum atomic E-state index is 2.59. The van der Waals surface area contributed by atoms with Gasteiger partial charge < -0.3 is 13.7 Å². The summed E-state index contributed by atoms with van der Waals surface area (Å²) in [6.07, 6.45) is 12.2. The normalized spacial score (nSPS) is 14.3. The van der Waals surface area contributed by atoms with Gasteiger partial charge in [0.15, 0.2) is 0 Å². The largest absolute Gasteiger partial charge is 0.310 e. The van der Waals surface area contributed by atoms with E-state index >= 15 is 0 Å². The number of rotatable bonds is 4. The highest BCUT2D eigenvalue weighted by Gasteiger charge is 2.41. The second kappa shape index (κ2) is 10.7. The van der Waals surface area contributed by atoms with Gasteiger partial charge in [-0.05, 0) is 124 Å². The van der Waals surface area contributed by atoms with Gasteiger partial charge in [-0.25, -0.2) is 20.1 Å². The molecule has 10 aromatic rings. The van der Waals surface area contributed by atoms with Gasteiger partial charge in [-0.2, -0.15) is 0 Å². The number of hydrogen-bond donors (Lipinski definition) is 0. The first kappa shape index (κ1) is 32.0. The molecule has 7 aromatic carbocycles. The zero-order chi connectivity index (χ0) is 37.1. The Labute approximate surface area is 324 Å². The summed E-state index contributed by atoms with van der Waals surface area (Å²) in [5, 5.41) is 7.98. The molecule has 0 saturated carbocycles. The van der Waals surface area contributed by atoms with Gasteiger partial charge in [-0.15, -0.1) is 0 Å². The minimum absolute atomic E-state index is 0.123. The standard InChI is InChI=1S/C49H42BN3S2/c1-7-55(5,6)32-23-25-44-38(29-32)37-28-31(54(2,3)4)22-24-43(37)51(44)30-26-45-47-46(27-30)53-42-21-11-9-15-34(42)36-17-13-19-40(49(36)53)50(47)39-18-12-16-35-33-14-8-10-20-41(33)52(45)48(35)39/h8-29H,7H2,1-6H3. The third kappa shape index (κ3) is 4.06. The molecule has 12 rings (SSSR count). The molecule has 0 amide bonds. The predicted molar refractivity (Wildman–Crippen MR) is 246 cm³/mol. The fourth-order valence-corrected chi connectivity index (χ4v) is 12.2. The van der Waals surface area contributed by atoms with Crippen LogP contribution in [0.2, 0.25) is 0 Å². The van der Waals surface area contributed by atoms with Crippen molar-refractivity contribution in [1.29, 1.82) is 0 Å². The van der Waals surface area contributed by atoms with Gasteiger partial charge >= 0.3 is 0 Å². The molecule has 2 aliphatic heterocycles. The average molecular weight is 748 g/mol. The number of fused-ring (bicyclic) bond motifs is 13. The summed E-state index contributed by atoms with van der Waals surface area (Å²) in [6, 6.07) is 51.7. The topological polar surface area (TPSA) is 14.8 Å². The summed E-state index contributed by atoms with van der Waals surface area (Å²) in [5.74, 6) is 1.17. The first-order valence-electron chi connectivity index (χ1n) is 19.3. The van der Waals surface area contributed by atoms with Crippen LogP contribution in [0.15, 0.2) is 143 Å². The minimum Gasteiger partial charge on any atom is -0.310 e. The second-order valence-electron chi connectivity index (χ2n) is 16.9. The summed E-state index contributed by atoms with van der Waals surface area (Å²) >= 11 is 0. The molecule has 55 heavy (non-hydrogen) atoms. The van der Waals surface area contributed by atoms with Gasteiger partial charge in [0.2, 0.25) is 0 Å². The molecule has 6 heteroatoms. The summed E-state index contributed by atoms with van der Waals surface area (Å²) < 4.78 is 7.76. The third-order valence-corrected chi connectivity index (χ3v) is 17.6. The van der Waals surface area contributed by atoms with Crippen molar-refractivity contribution in [2.75, 3.05) is 37.0 Å². The maximum Gasteiger partial charge on any atom is 0.252 e. The molecular weight excluding hydrogens is 706 g/mol. The highest BCUT2D eigenvalue weighted by molar-refractivity contribution is 8.32. The molecule has 0 bridgehead atoms. The Morgan fingerprint density at radius 2 is 0.927 bits per heavy atom. The maximum absolute atomic E-state index is 2.59. The molecule has 5 heterocycles. The van der Waals surface area contributed by atoms with Crippen LogP contribution < -0.4 is 16.4 Å². The molecule has 3 aromatic heterocycles. The van der Waals surface area contributed by atoms with E-state index in [-0.39, 0.29) is 6.71 Å². The van der Waals surface area contributed by atoms with Crippen LogP contribution in [0.3, 0.4) is 0 Å². The van der Waals surface area contributed by atoms with Crippen molar-refractivity contribution in [2.24, 2.45) is 0 Å². The van der Waals surface area contributed by atoms with Crippen LogP contribution >= 0.6 is 20.1 Å². The van der Waals surface area contributed by atoms with E-state index in [0.717, 1.165) is 0 Å².